The highest BCUT2D eigenvalue weighted by atomic mass is 31.1. The molecule has 4 nitrogen and oxygen atoms in total. The van der Waals surface area contributed by atoms with Crippen molar-refractivity contribution >= 4 is 8.25 Å². The molecule has 0 aliphatic carbocycles. The van der Waals surface area contributed by atoms with Crippen molar-refractivity contribution in [3.05, 3.63) is 0 Å². The minimum absolute atomic E-state index is 0.378. The molecule has 0 saturated heterocycles. The second kappa shape index (κ2) is 6.23. The van der Waals surface area contributed by atoms with E-state index in [4.69, 9.17) is 0 Å². The molecule has 0 fully saturated rings. The predicted octanol–water partition coefficient (Wildman–Crippen LogP) is 1.38. The molecule has 0 N–H and O–H groups in total. The molecule has 0 rings (SSSR count). The van der Waals surface area contributed by atoms with E-state index in [1.54, 1.807) is 13.8 Å². The molecule has 0 aromatic rings. The van der Waals surface area contributed by atoms with E-state index in [0.29, 0.717) is 13.2 Å². The van der Waals surface area contributed by atoms with Gasteiger partial charge in [-0.25, -0.2) is 4.89 Å². The van der Waals surface area contributed by atoms with Gasteiger partial charge in [0.15, 0.2) is 0 Å². The second-order valence-electron chi connectivity index (χ2n) is 1.17. The summed E-state index contributed by atoms with van der Waals surface area (Å²) >= 11 is 0. The largest absolute Gasteiger partial charge is 0.346 e. The third kappa shape index (κ3) is 5.99. The molecular weight excluding hydrogens is 143 g/mol. The Kier molecular flexibility index (Phi) is 6.31. The highest BCUT2D eigenvalue weighted by molar-refractivity contribution is 7.33. The van der Waals surface area contributed by atoms with Gasteiger partial charge in [-0.05, 0) is 13.8 Å². The van der Waals surface area contributed by atoms with Crippen molar-refractivity contribution in [2.75, 3.05) is 13.2 Å². The Labute approximate surface area is 55.0 Å². The Bertz CT molecular complexity index is 84.6. The Balaban J connectivity index is 3.06. The van der Waals surface area contributed by atoms with E-state index in [0.717, 1.165) is 0 Å². The summed E-state index contributed by atoms with van der Waals surface area (Å²) in [5, 5.41) is 0. The van der Waals surface area contributed by atoms with Crippen molar-refractivity contribution < 1.29 is 18.7 Å². The average Bonchev–Trinajstić information content (AvgIpc) is 1.85. The van der Waals surface area contributed by atoms with Crippen LogP contribution in [0.15, 0.2) is 0 Å². The zero-order valence-electron chi connectivity index (χ0n) is 5.55. The molecule has 1 atom stereocenters. The van der Waals surface area contributed by atoms with Crippen LogP contribution >= 0.6 is 8.25 Å². The standard InChI is InChI=1S/C4H11O4P/c1-3-6-8-9(5)7-4-2/h9H,3-4H2,1-2H3. The Morgan fingerprint density at radius 1 is 1.33 bits per heavy atom. The van der Waals surface area contributed by atoms with Gasteiger partial charge in [0.1, 0.15) is 0 Å². The molecule has 9 heavy (non-hydrogen) atoms. The smallest absolute Gasteiger partial charge is 0.309 e. The van der Waals surface area contributed by atoms with Gasteiger partial charge in [0.05, 0.1) is 13.2 Å². The second-order valence-corrected chi connectivity index (χ2v) is 2.13. The Hall–Kier alpha value is 0.110. The number of rotatable bonds is 5. The highest BCUT2D eigenvalue weighted by Gasteiger charge is 1.95. The van der Waals surface area contributed by atoms with Gasteiger partial charge in [-0.15, -0.1) is 0 Å². The predicted molar refractivity (Wildman–Crippen MR) is 33.3 cm³/mol. The zero-order chi connectivity index (χ0) is 7.11. The van der Waals surface area contributed by atoms with Gasteiger partial charge in [-0.2, -0.15) is 4.67 Å². The lowest BCUT2D eigenvalue weighted by Gasteiger charge is -1.99. The Morgan fingerprint density at radius 3 is 2.44 bits per heavy atom. The molecule has 0 radical (unpaired) electrons. The lowest BCUT2D eigenvalue weighted by Crippen LogP contribution is -1.86. The first-order valence-electron chi connectivity index (χ1n) is 2.77. The van der Waals surface area contributed by atoms with Crippen LogP contribution in [0.4, 0.5) is 0 Å². The van der Waals surface area contributed by atoms with Crippen LogP contribution in [0, 0.1) is 0 Å². The molecule has 0 saturated carbocycles. The summed E-state index contributed by atoms with van der Waals surface area (Å²) in [7, 11) is -2.38. The summed E-state index contributed by atoms with van der Waals surface area (Å²) in [4.78, 5) is 4.36. The monoisotopic (exact) mass is 154 g/mol. The quantitative estimate of drug-likeness (QED) is 0.341. The molecule has 0 spiro atoms. The van der Waals surface area contributed by atoms with Gasteiger partial charge in [-0.3, -0.25) is 4.57 Å². The third-order valence-electron chi connectivity index (χ3n) is 0.507. The van der Waals surface area contributed by atoms with E-state index in [9.17, 15) is 4.57 Å². The van der Waals surface area contributed by atoms with Crippen LogP contribution in [0.3, 0.4) is 0 Å². The van der Waals surface area contributed by atoms with Gasteiger partial charge in [0, 0.05) is 0 Å². The highest BCUT2D eigenvalue weighted by Crippen LogP contribution is 2.22. The first-order chi connectivity index (χ1) is 4.31. The van der Waals surface area contributed by atoms with Gasteiger partial charge < -0.3 is 4.52 Å². The van der Waals surface area contributed by atoms with E-state index in [-0.39, 0.29) is 0 Å². The van der Waals surface area contributed by atoms with Crippen LogP contribution in [0.2, 0.25) is 0 Å². The van der Waals surface area contributed by atoms with E-state index in [2.05, 4.69) is 14.1 Å². The van der Waals surface area contributed by atoms with Crippen LogP contribution in [-0.2, 0) is 18.7 Å². The fraction of sp³-hybridized carbons (Fsp3) is 1.00. The fourth-order valence-corrected chi connectivity index (χ4v) is 0.747. The van der Waals surface area contributed by atoms with Crippen LogP contribution in [0.5, 0.6) is 0 Å². The van der Waals surface area contributed by atoms with Gasteiger partial charge in [0.2, 0.25) is 0 Å². The van der Waals surface area contributed by atoms with Crippen LogP contribution < -0.4 is 0 Å². The van der Waals surface area contributed by atoms with Crippen LogP contribution in [0.25, 0.3) is 0 Å². The van der Waals surface area contributed by atoms with E-state index < -0.39 is 8.25 Å². The van der Waals surface area contributed by atoms with E-state index in [1.165, 1.54) is 0 Å². The topological polar surface area (TPSA) is 44.8 Å². The summed E-state index contributed by atoms with van der Waals surface area (Å²) < 4.78 is 19.2. The van der Waals surface area contributed by atoms with Crippen molar-refractivity contribution in [2.24, 2.45) is 0 Å². The maximum Gasteiger partial charge on any atom is 0.346 e. The van der Waals surface area contributed by atoms with Crippen molar-refractivity contribution in [1.82, 2.24) is 0 Å². The van der Waals surface area contributed by atoms with Crippen LogP contribution in [-0.4, -0.2) is 13.2 Å². The minimum atomic E-state index is -2.38. The van der Waals surface area contributed by atoms with Gasteiger partial charge in [-0.1, -0.05) is 0 Å². The molecule has 5 heteroatoms. The summed E-state index contributed by atoms with van der Waals surface area (Å²) in [6, 6.07) is 0. The first-order valence-corrected chi connectivity index (χ1v) is 4.00. The molecular formula is C4H11O4P. The Morgan fingerprint density at radius 2 is 2.00 bits per heavy atom. The molecule has 0 heterocycles. The summed E-state index contributed by atoms with van der Waals surface area (Å²) in [6.45, 7) is 4.23. The SMILES string of the molecule is CCOO[PH](=O)OCC. The lowest BCUT2D eigenvalue weighted by atomic mass is 10.9. The van der Waals surface area contributed by atoms with Gasteiger partial charge >= 0.3 is 8.25 Å². The van der Waals surface area contributed by atoms with Crippen molar-refractivity contribution in [1.29, 1.82) is 0 Å². The molecule has 0 bridgehead atoms. The van der Waals surface area contributed by atoms with Gasteiger partial charge in [0.25, 0.3) is 0 Å². The molecule has 56 valence electrons. The number of hydrogen-bond acceptors (Lipinski definition) is 4. The lowest BCUT2D eigenvalue weighted by molar-refractivity contribution is -0.204. The fourth-order valence-electron chi connectivity index (χ4n) is 0.249. The summed E-state index contributed by atoms with van der Waals surface area (Å²) in [5.74, 6) is 0. The molecule has 0 aliphatic heterocycles. The summed E-state index contributed by atoms with van der Waals surface area (Å²) in [5.41, 5.74) is 0. The minimum Gasteiger partial charge on any atom is -0.309 e. The molecule has 1 unspecified atom stereocenters. The molecule has 0 aliphatic rings. The van der Waals surface area contributed by atoms with Crippen molar-refractivity contribution in [2.45, 2.75) is 13.8 Å². The van der Waals surface area contributed by atoms with Crippen molar-refractivity contribution in [3.8, 4) is 0 Å². The van der Waals surface area contributed by atoms with E-state index >= 15 is 0 Å². The third-order valence-corrected chi connectivity index (χ3v) is 1.29. The normalized spacial score (nSPS) is 13.6. The zero-order valence-corrected chi connectivity index (χ0v) is 6.55. The first kappa shape index (κ1) is 9.11. The average molecular weight is 154 g/mol. The molecule has 0 aromatic heterocycles. The molecule has 0 amide bonds. The van der Waals surface area contributed by atoms with E-state index in [1.807, 2.05) is 0 Å². The summed E-state index contributed by atoms with van der Waals surface area (Å²) in [6.07, 6.45) is 0. The van der Waals surface area contributed by atoms with Crippen molar-refractivity contribution in [3.63, 3.8) is 0 Å². The maximum atomic E-state index is 10.4. The maximum absolute atomic E-state index is 10.4. The molecule has 0 aromatic carbocycles. The van der Waals surface area contributed by atoms with Crippen LogP contribution in [0.1, 0.15) is 13.8 Å². The number of hydrogen-bond donors (Lipinski definition) is 0.